The molecule has 37 heavy (non-hydrogen) atoms. The summed E-state index contributed by atoms with van der Waals surface area (Å²) in [6.45, 7) is 4.30. The van der Waals surface area contributed by atoms with Crippen LogP contribution in [0.1, 0.15) is 61.0 Å². The largest absolute Gasteiger partial charge is 0.490 e. The Balaban J connectivity index is 1.39. The van der Waals surface area contributed by atoms with Gasteiger partial charge < -0.3 is 24.3 Å². The number of H-pyrrole nitrogens is 1. The maximum Gasteiger partial charge on any atom is 0.254 e. The second-order valence-electron chi connectivity index (χ2n) is 9.90. The van der Waals surface area contributed by atoms with Gasteiger partial charge >= 0.3 is 0 Å². The fraction of sp³-hybridized carbons (Fsp3) is 0.517. The number of rotatable bonds is 9. The SMILES string of the molecule is CNC(=O)c1ccc(-c2cc(OC3CCOCC3)c3c(C)n[nH]c3c2)cc1OCCOC1CCCCC1. The van der Waals surface area contributed by atoms with Crippen molar-refractivity contribution in [2.24, 2.45) is 0 Å². The molecule has 8 nitrogen and oxygen atoms in total. The zero-order valence-electron chi connectivity index (χ0n) is 21.8. The van der Waals surface area contributed by atoms with E-state index in [4.69, 9.17) is 18.9 Å². The Bertz CT molecular complexity index is 1210. The standard InChI is InChI=1S/C29H37N3O5/c1-19-28-25(32-31-19)16-21(18-27(28)37-23-10-12-34-13-11-23)20-8-9-24(29(33)30-2)26(17-20)36-15-14-35-22-6-4-3-5-7-22/h8-9,16-18,22-23H,3-7,10-15H2,1-2H3,(H,30,33)(H,31,32). The van der Waals surface area contributed by atoms with Gasteiger partial charge in [-0.15, -0.1) is 0 Å². The number of fused-ring (bicyclic) bond motifs is 1. The Morgan fingerprint density at radius 1 is 1.00 bits per heavy atom. The van der Waals surface area contributed by atoms with Gasteiger partial charge in [0.1, 0.15) is 24.2 Å². The number of hydrogen-bond acceptors (Lipinski definition) is 6. The van der Waals surface area contributed by atoms with E-state index in [1.54, 1.807) is 7.05 Å². The summed E-state index contributed by atoms with van der Waals surface area (Å²) in [5, 5.41) is 11.3. The van der Waals surface area contributed by atoms with Crippen molar-refractivity contribution in [2.45, 2.75) is 64.1 Å². The quantitative estimate of drug-likeness (QED) is 0.388. The van der Waals surface area contributed by atoms with Gasteiger partial charge in [0.25, 0.3) is 5.91 Å². The number of aromatic amines is 1. The highest BCUT2D eigenvalue weighted by Crippen LogP contribution is 2.36. The Morgan fingerprint density at radius 3 is 2.57 bits per heavy atom. The van der Waals surface area contributed by atoms with E-state index in [-0.39, 0.29) is 12.0 Å². The van der Waals surface area contributed by atoms with Crippen molar-refractivity contribution in [3.05, 3.63) is 41.6 Å². The molecule has 0 atom stereocenters. The van der Waals surface area contributed by atoms with Crippen molar-refractivity contribution in [3.63, 3.8) is 0 Å². The fourth-order valence-electron chi connectivity index (χ4n) is 5.25. The number of carbonyl (C=O) groups excluding carboxylic acids is 1. The van der Waals surface area contributed by atoms with Crippen molar-refractivity contribution in [2.75, 3.05) is 33.5 Å². The van der Waals surface area contributed by atoms with Crippen molar-refractivity contribution in [3.8, 4) is 22.6 Å². The molecule has 1 aromatic heterocycles. The summed E-state index contributed by atoms with van der Waals surface area (Å²) in [4.78, 5) is 12.5. The molecule has 8 heteroatoms. The molecule has 0 bridgehead atoms. The number of nitrogens with zero attached hydrogens (tertiary/aromatic N) is 1. The molecule has 1 amide bonds. The molecule has 2 fully saturated rings. The number of carbonyl (C=O) groups is 1. The summed E-state index contributed by atoms with van der Waals surface area (Å²) in [5.41, 5.74) is 4.21. The minimum Gasteiger partial charge on any atom is -0.490 e. The van der Waals surface area contributed by atoms with Crippen LogP contribution in [0.2, 0.25) is 0 Å². The smallest absolute Gasteiger partial charge is 0.254 e. The number of ether oxygens (including phenoxy) is 4. The number of nitrogens with one attached hydrogen (secondary N) is 2. The molecule has 3 aromatic rings. The highest BCUT2D eigenvalue weighted by Gasteiger charge is 2.20. The van der Waals surface area contributed by atoms with Crippen LogP contribution in [0, 0.1) is 6.92 Å². The van der Waals surface area contributed by atoms with Crippen molar-refractivity contribution >= 4 is 16.8 Å². The molecule has 2 aliphatic rings. The predicted octanol–water partition coefficient (Wildman–Crippen LogP) is 5.18. The summed E-state index contributed by atoms with van der Waals surface area (Å²) in [6.07, 6.45) is 8.16. The van der Waals surface area contributed by atoms with Crippen LogP contribution in [0.25, 0.3) is 22.0 Å². The van der Waals surface area contributed by atoms with Crippen LogP contribution in [0.15, 0.2) is 30.3 Å². The van der Waals surface area contributed by atoms with Gasteiger partial charge in [0, 0.05) is 19.9 Å². The lowest BCUT2D eigenvalue weighted by molar-refractivity contribution is 0.0128. The van der Waals surface area contributed by atoms with Gasteiger partial charge in [0.2, 0.25) is 0 Å². The zero-order valence-corrected chi connectivity index (χ0v) is 21.8. The topological polar surface area (TPSA) is 94.7 Å². The third-order valence-electron chi connectivity index (χ3n) is 7.30. The molecule has 2 N–H and O–H groups in total. The Labute approximate surface area is 218 Å². The van der Waals surface area contributed by atoms with E-state index in [0.717, 1.165) is 59.2 Å². The van der Waals surface area contributed by atoms with E-state index >= 15 is 0 Å². The van der Waals surface area contributed by atoms with Gasteiger partial charge in [0.05, 0.1) is 48.1 Å². The van der Waals surface area contributed by atoms with Gasteiger partial charge in [-0.3, -0.25) is 9.89 Å². The zero-order chi connectivity index (χ0) is 25.6. The van der Waals surface area contributed by atoms with Crippen molar-refractivity contribution in [1.29, 1.82) is 0 Å². The first kappa shape index (κ1) is 25.5. The van der Waals surface area contributed by atoms with Crippen molar-refractivity contribution < 1.29 is 23.7 Å². The summed E-state index contributed by atoms with van der Waals surface area (Å²) in [7, 11) is 1.63. The first-order chi connectivity index (χ1) is 18.1. The molecule has 198 valence electrons. The van der Waals surface area contributed by atoms with Gasteiger partial charge in [-0.1, -0.05) is 25.3 Å². The van der Waals surface area contributed by atoms with E-state index in [1.807, 2.05) is 25.1 Å². The lowest BCUT2D eigenvalue weighted by Crippen LogP contribution is -2.26. The molecule has 0 unspecified atom stereocenters. The lowest BCUT2D eigenvalue weighted by atomic mass is 9.98. The third-order valence-corrected chi connectivity index (χ3v) is 7.30. The number of aromatic nitrogens is 2. The molecule has 1 saturated carbocycles. The van der Waals surface area contributed by atoms with Crippen molar-refractivity contribution in [1.82, 2.24) is 15.5 Å². The maximum atomic E-state index is 12.5. The Kier molecular flexibility index (Phi) is 8.26. The van der Waals surface area contributed by atoms with Crippen LogP contribution in [-0.2, 0) is 9.47 Å². The first-order valence-corrected chi connectivity index (χ1v) is 13.5. The molecule has 2 aromatic carbocycles. The summed E-state index contributed by atoms with van der Waals surface area (Å²) in [5.74, 6) is 1.17. The molecule has 0 radical (unpaired) electrons. The number of amides is 1. The Hall–Kier alpha value is -3.10. The molecule has 1 saturated heterocycles. The monoisotopic (exact) mass is 507 g/mol. The Morgan fingerprint density at radius 2 is 1.78 bits per heavy atom. The minimum absolute atomic E-state index is 0.111. The van der Waals surface area contributed by atoms with Gasteiger partial charge in [-0.05, 0) is 55.2 Å². The number of hydrogen-bond donors (Lipinski definition) is 2. The van der Waals surface area contributed by atoms with E-state index < -0.39 is 0 Å². The van der Waals surface area contributed by atoms with Crippen LogP contribution in [0.4, 0.5) is 0 Å². The average molecular weight is 508 g/mol. The highest BCUT2D eigenvalue weighted by atomic mass is 16.5. The third kappa shape index (κ3) is 6.08. The maximum absolute atomic E-state index is 12.5. The minimum atomic E-state index is -0.182. The highest BCUT2D eigenvalue weighted by molar-refractivity contribution is 5.98. The number of aryl methyl sites for hydroxylation is 1. The van der Waals surface area contributed by atoms with Crippen LogP contribution in [0.3, 0.4) is 0 Å². The van der Waals surface area contributed by atoms with Gasteiger partial charge in [-0.2, -0.15) is 5.10 Å². The molecular weight excluding hydrogens is 470 g/mol. The summed E-state index contributed by atoms with van der Waals surface area (Å²) < 4.78 is 24.1. The second kappa shape index (κ2) is 12.0. The van der Waals surface area contributed by atoms with Gasteiger partial charge in [0.15, 0.2) is 0 Å². The predicted molar refractivity (Wildman–Crippen MR) is 142 cm³/mol. The summed E-state index contributed by atoms with van der Waals surface area (Å²) in [6, 6.07) is 9.81. The van der Waals surface area contributed by atoms with Crippen LogP contribution < -0.4 is 14.8 Å². The van der Waals surface area contributed by atoms with Crippen LogP contribution >= 0.6 is 0 Å². The summed E-state index contributed by atoms with van der Waals surface area (Å²) >= 11 is 0. The molecule has 0 spiro atoms. The molecule has 2 heterocycles. The lowest BCUT2D eigenvalue weighted by Gasteiger charge is -2.24. The van der Waals surface area contributed by atoms with E-state index in [9.17, 15) is 4.79 Å². The van der Waals surface area contributed by atoms with Gasteiger partial charge in [-0.25, -0.2) is 0 Å². The van der Waals surface area contributed by atoms with Crippen LogP contribution in [-0.4, -0.2) is 61.8 Å². The molecule has 1 aliphatic heterocycles. The molecular formula is C29H37N3O5. The fourth-order valence-corrected chi connectivity index (χ4v) is 5.25. The molecule has 5 rings (SSSR count). The van der Waals surface area contributed by atoms with E-state index in [0.29, 0.717) is 43.8 Å². The second-order valence-corrected chi connectivity index (χ2v) is 9.90. The van der Waals surface area contributed by atoms with Crippen LogP contribution in [0.5, 0.6) is 11.5 Å². The molecule has 1 aliphatic carbocycles. The first-order valence-electron chi connectivity index (χ1n) is 13.5. The average Bonchev–Trinajstić information content (AvgIpc) is 3.32. The van der Waals surface area contributed by atoms with E-state index in [1.165, 1.54) is 19.3 Å². The van der Waals surface area contributed by atoms with E-state index in [2.05, 4.69) is 27.6 Å². The number of benzene rings is 2. The normalized spacial score (nSPS) is 17.1.